The number of nitrogens with one attached hydrogen (secondary N) is 1. The Balaban J connectivity index is 1.90. The van der Waals surface area contributed by atoms with Crippen LogP contribution in [0.5, 0.6) is 17.2 Å². The summed E-state index contributed by atoms with van der Waals surface area (Å²) in [4.78, 5) is 0. The average molecular weight is 306 g/mol. The molecule has 1 unspecified atom stereocenters. The lowest BCUT2D eigenvalue weighted by molar-refractivity contribution is 0.205. The van der Waals surface area contributed by atoms with E-state index < -0.39 is 0 Å². The lowest BCUT2D eigenvalue weighted by Crippen LogP contribution is -2.24. The highest BCUT2D eigenvalue weighted by atomic mass is 35.5. The van der Waals surface area contributed by atoms with Crippen molar-refractivity contribution in [2.75, 3.05) is 26.1 Å². The average Bonchev–Trinajstić information content (AvgIpc) is 2.53. The number of anilines is 1. The van der Waals surface area contributed by atoms with Gasteiger partial charge in [0.1, 0.15) is 23.4 Å². The molecule has 0 fully saturated rings. The van der Waals surface area contributed by atoms with Crippen LogP contribution in [0.25, 0.3) is 0 Å². The number of benzene rings is 2. The second-order valence-electron chi connectivity index (χ2n) is 4.74. The van der Waals surface area contributed by atoms with Crippen LogP contribution >= 0.6 is 11.6 Å². The molecule has 5 heteroatoms. The smallest absolute Gasteiger partial charge is 0.145 e. The van der Waals surface area contributed by atoms with Crippen LogP contribution in [-0.4, -0.2) is 20.8 Å². The number of fused-ring (bicyclic) bond motifs is 1. The molecule has 0 radical (unpaired) electrons. The Kier molecular flexibility index (Phi) is 3.80. The number of rotatable bonds is 3. The zero-order chi connectivity index (χ0) is 14.8. The Labute approximate surface area is 128 Å². The topological polar surface area (TPSA) is 39.7 Å². The van der Waals surface area contributed by atoms with Crippen molar-refractivity contribution in [2.45, 2.75) is 6.10 Å². The molecule has 1 aliphatic rings. The Morgan fingerprint density at radius 1 is 1.14 bits per heavy atom. The summed E-state index contributed by atoms with van der Waals surface area (Å²) in [7, 11) is 3.27. The van der Waals surface area contributed by atoms with Crippen LogP contribution in [0.4, 0.5) is 5.69 Å². The molecule has 21 heavy (non-hydrogen) atoms. The van der Waals surface area contributed by atoms with Gasteiger partial charge in [-0.15, -0.1) is 0 Å². The number of ether oxygens (including phenoxy) is 3. The lowest BCUT2D eigenvalue weighted by atomic mass is 10.1. The first-order chi connectivity index (χ1) is 10.2. The van der Waals surface area contributed by atoms with Crippen molar-refractivity contribution in [2.24, 2.45) is 0 Å². The molecular formula is C16H16ClNO3. The summed E-state index contributed by atoms with van der Waals surface area (Å²) in [5.74, 6) is 2.29. The number of hydrogen-bond acceptors (Lipinski definition) is 4. The summed E-state index contributed by atoms with van der Waals surface area (Å²) in [6.45, 7) is 0.649. The zero-order valence-corrected chi connectivity index (χ0v) is 12.6. The zero-order valence-electron chi connectivity index (χ0n) is 11.9. The minimum absolute atomic E-state index is 0.125. The molecule has 0 aliphatic carbocycles. The predicted molar refractivity (Wildman–Crippen MR) is 82.9 cm³/mol. The van der Waals surface area contributed by atoms with Crippen molar-refractivity contribution >= 4 is 17.3 Å². The molecule has 0 aromatic heterocycles. The van der Waals surface area contributed by atoms with Gasteiger partial charge in [-0.1, -0.05) is 11.6 Å². The van der Waals surface area contributed by atoms with E-state index in [9.17, 15) is 0 Å². The van der Waals surface area contributed by atoms with Crippen LogP contribution in [-0.2, 0) is 0 Å². The van der Waals surface area contributed by atoms with Crippen molar-refractivity contribution in [3.63, 3.8) is 0 Å². The third-order valence-corrected chi connectivity index (χ3v) is 3.71. The van der Waals surface area contributed by atoms with Crippen LogP contribution < -0.4 is 19.5 Å². The van der Waals surface area contributed by atoms with Gasteiger partial charge in [-0.2, -0.15) is 0 Å². The van der Waals surface area contributed by atoms with Crippen LogP contribution in [0.2, 0.25) is 5.02 Å². The van der Waals surface area contributed by atoms with E-state index in [-0.39, 0.29) is 6.10 Å². The summed E-state index contributed by atoms with van der Waals surface area (Å²) in [6.07, 6.45) is -0.125. The fraction of sp³-hybridized carbons (Fsp3) is 0.250. The molecule has 0 spiro atoms. The van der Waals surface area contributed by atoms with E-state index in [1.807, 2.05) is 36.4 Å². The fourth-order valence-corrected chi connectivity index (χ4v) is 2.57. The van der Waals surface area contributed by atoms with Crippen molar-refractivity contribution in [3.8, 4) is 17.2 Å². The molecular weight excluding hydrogens is 290 g/mol. The van der Waals surface area contributed by atoms with Gasteiger partial charge >= 0.3 is 0 Å². The van der Waals surface area contributed by atoms with Crippen LogP contribution in [0.3, 0.4) is 0 Å². The fourth-order valence-electron chi connectivity index (χ4n) is 2.40. The van der Waals surface area contributed by atoms with E-state index in [0.29, 0.717) is 11.6 Å². The molecule has 0 saturated heterocycles. The normalized spacial score (nSPS) is 16.4. The quantitative estimate of drug-likeness (QED) is 0.933. The monoisotopic (exact) mass is 305 g/mol. The van der Waals surface area contributed by atoms with E-state index in [0.717, 1.165) is 28.5 Å². The van der Waals surface area contributed by atoms with E-state index in [1.165, 1.54) is 0 Å². The number of hydrogen-bond donors (Lipinski definition) is 1. The Morgan fingerprint density at radius 3 is 2.76 bits per heavy atom. The minimum Gasteiger partial charge on any atom is -0.497 e. The summed E-state index contributed by atoms with van der Waals surface area (Å²) in [5, 5.41) is 4.02. The van der Waals surface area contributed by atoms with Gasteiger partial charge < -0.3 is 19.5 Å². The van der Waals surface area contributed by atoms with E-state index in [4.69, 9.17) is 25.8 Å². The molecule has 2 aromatic carbocycles. The van der Waals surface area contributed by atoms with Crippen molar-refractivity contribution < 1.29 is 14.2 Å². The van der Waals surface area contributed by atoms with Gasteiger partial charge in [0.25, 0.3) is 0 Å². The molecule has 1 aliphatic heterocycles. The second-order valence-corrected chi connectivity index (χ2v) is 5.17. The van der Waals surface area contributed by atoms with Gasteiger partial charge in [0, 0.05) is 16.7 Å². The molecule has 1 N–H and O–H groups in total. The lowest BCUT2D eigenvalue weighted by Gasteiger charge is -2.28. The molecule has 0 amide bonds. The number of methoxy groups -OCH3 is 2. The summed E-state index contributed by atoms with van der Waals surface area (Å²) < 4.78 is 16.7. The van der Waals surface area contributed by atoms with Gasteiger partial charge in [-0.05, 0) is 30.3 Å². The van der Waals surface area contributed by atoms with E-state index >= 15 is 0 Å². The highest BCUT2D eigenvalue weighted by Crippen LogP contribution is 2.39. The van der Waals surface area contributed by atoms with Gasteiger partial charge in [0.15, 0.2) is 0 Å². The van der Waals surface area contributed by atoms with Gasteiger partial charge in [0.05, 0.1) is 26.5 Å². The maximum atomic E-state index is 6.05. The largest absolute Gasteiger partial charge is 0.497 e. The molecule has 0 saturated carbocycles. The van der Waals surface area contributed by atoms with Gasteiger partial charge in [-0.25, -0.2) is 0 Å². The molecule has 1 atom stereocenters. The molecule has 2 aromatic rings. The van der Waals surface area contributed by atoms with Crippen molar-refractivity contribution in [3.05, 3.63) is 47.0 Å². The van der Waals surface area contributed by atoms with E-state index in [1.54, 1.807) is 14.2 Å². The predicted octanol–water partition coefficient (Wildman–Crippen LogP) is 3.90. The minimum atomic E-state index is -0.125. The first kappa shape index (κ1) is 13.9. The van der Waals surface area contributed by atoms with Crippen LogP contribution in [0, 0.1) is 0 Å². The van der Waals surface area contributed by atoms with E-state index in [2.05, 4.69) is 5.32 Å². The first-order valence-electron chi connectivity index (χ1n) is 6.63. The van der Waals surface area contributed by atoms with Gasteiger partial charge in [0.2, 0.25) is 0 Å². The molecule has 3 rings (SSSR count). The summed E-state index contributed by atoms with van der Waals surface area (Å²) in [6, 6.07) is 11.3. The van der Waals surface area contributed by atoms with Crippen LogP contribution in [0.1, 0.15) is 11.7 Å². The third kappa shape index (κ3) is 2.72. The van der Waals surface area contributed by atoms with Crippen LogP contribution in [0.15, 0.2) is 36.4 Å². The molecule has 0 bridgehead atoms. The standard InChI is InChI=1S/C16H16ClNO3/c1-19-11-4-5-12(15(8-11)20-2)16-9-18-13-7-10(17)3-6-14(13)21-16/h3-8,16,18H,9H2,1-2H3. The van der Waals surface area contributed by atoms with Crippen molar-refractivity contribution in [1.82, 2.24) is 0 Å². The SMILES string of the molecule is COc1ccc(C2CNc3cc(Cl)ccc3O2)c(OC)c1. The maximum absolute atomic E-state index is 6.05. The molecule has 1 heterocycles. The Hall–Kier alpha value is -2.07. The number of halogens is 1. The second kappa shape index (κ2) is 5.74. The maximum Gasteiger partial charge on any atom is 0.145 e. The summed E-state index contributed by atoms with van der Waals surface area (Å²) >= 11 is 5.98. The summed E-state index contributed by atoms with van der Waals surface area (Å²) in [5.41, 5.74) is 1.89. The Morgan fingerprint density at radius 2 is 2.00 bits per heavy atom. The highest BCUT2D eigenvalue weighted by molar-refractivity contribution is 6.30. The third-order valence-electron chi connectivity index (χ3n) is 3.48. The molecule has 110 valence electrons. The molecule has 4 nitrogen and oxygen atoms in total. The van der Waals surface area contributed by atoms with Crippen molar-refractivity contribution in [1.29, 1.82) is 0 Å². The van der Waals surface area contributed by atoms with Gasteiger partial charge in [-0.3, -0.25) is 0 Å². The first-order valence-corrected chi connectivity index (χ1v) is 7.01. The highest BCUT2D eigenvalue weighted by Gasteiger charge is 2.24. The Bertz CT molecular complexity index is 660.